The molecule has 1 amide bonds. The van der Waals surface area contributed by atoms with Crippen LogP contribution in [0, 0.1) is 5.41 Å². The van der Waals surface area contributed by atoms with E-state index in [2.05, 4.69) is 24.2 Å². The second kappa shape index (κ2) is 4.75. The first-order valence-electron chi connectivity index (χ1n) is 5.25. The zero-order valence-electron chi connectivity index (χ0n) is 9.18. The summed E-state index contributed by atoms with van der Waals surface area (Å²) in [5.74, 6) is 4.94. The fourth-order valence-electron chi connectivity index (χ4n) is 1.71. The predicted octanol–water partition coefficient (Wildman–Crippen LogP) is 0.488. The van der Waals surface area contributed by atoms with Crippen molar-refractivity contribution in [3.63, 3.8) is 0 Å². The molecule has 1 rings (SSSR count). The van der Waals surface area contributed by atoms with Gasteiger partial charge in [-0.3, -0.25) is 10.2 Å². The predicted molar refractivity (Wildman–Crippen MR) is 56.4 cm³/mol. The molecular weight excluding hydrogens is 178 g/mol. The summed E-state index contributed by atoms with van der Waals surface area (Å²) in [6.45, 7) is 7.64. The molecule has 1 saturated heterocycles. The molecule has 0 bridgehead atoms. The topological polar surface area (TPSA) is 58.4 Å². The van der Waals surface area contributed by atoms with Gasteiger partial charge in [-0.2, -0.15) is 0 Å². The molecule has 14 heavy (non-hydrogen) atoms. The molecule has 1 heterocycles. The van der Waals surface area contributed by atoms with Gasteiger partial charge in [0.2, 0.25) is 5.91 Å². The third kappa shape index (κ3) is 3.64. The molecule has 0 atom stereocenters. The second-order valence-electron chi connectivity index (χ2n) is 4.82. The lowest BCUT2D eigenvalue weighted by Crippen LogP contribution is -2.40. The largest absolute Gasteiger partial charge is 0.303 e. The van der Waals surface area contributed by atoms with Crippen LogP contribution in [-0.2, 0) is 4.79 Å². The number of amides is 1. The number of nitrogens with zero attached hydrogens (tertiary/aromatic N) is 1. The maximum Gasteiger partial charge on any atom is 0.235 e. The van der Waals surface area contributed by atoms with Gasteiger partial charge in [0.05, 0.1) is 0 Å². The van der Waals surface area contributed by atoms with Crippen LogP contribution in [0.3, 0.4) is 0 Å². The Hall–Kier alpha value is -0.610. The van der Waals surface area contributed by atoms with Crippen molar-refractivity contribution in [1.82, 2.24) is 10.3 Å². The summed E-state index contributed by atoms with van der Waals surface area (Å²) in [6.07, 6.45) is 2.95. The summed E-state index contributed by atoms with van der Waals surface area (Å²) in [5.41, 5.74) is 2.63. The normalized spacial score (nSPS) is 21.9. The highest BCUT2D eigenvalue weighted by atomic mass is 16.2. The van der Waals surface area contributed by atoms with Crippen molar-refractivity contribution in [3.05, 3.63) is 0 Å². The van der Waals surface area contributed by atoms with Gasteiger partial charge in [0.15, 0.2) is 0 Å². The van der Waals surface area contributed by atoms with Gasteiger partial charge in [0.25, 0.3) is 0 Å². The van der Waals surface area contributed by atoms with Crippen LogP contribution in [0.2, 0.25) is 0 Å². The minimum absolute atomic E-state index is 0.0742. The molecular formula is C10H21N3O. The Balaban J connectivity index is 2.19. The van der Waals surface area contributed by atoms with E-state index in [0.717, 1.165) is 19.6 Å². The Labute approximate surface area is 85.8 Å². The number of piperidine rings is 1. The van der Waals surface area contributed by atoms with E-state index in [4.69, 9.17) is 5.84 Å². The first-order chi connectivity index (χ1) is 6.53. The summed E-state index contributed by atoms with van der Waals surface area (Å²) in [6, 6.07) is 0. The molecule has 4 heteroatoms. The summed E-state index contributed by atoms with van der Waals surface area (Å²) in [5, 5.41) is 0. The monoisotopic (exact) mass is 199 g/mol. The molecule has 0 aromatic rings. The Morgan fingerprint density at radius 1 is 1.43 bits per heavy atom. The van der Waals surface area contributed by atoms with E-state index in [0.29, 0.717) is 11.8 Å². The van der Waals surface area contributed by atoms with E-state index < -0.39 is 0 Å². The first kappa shape index (κ1) is 11.5. The first-order valence-corrected chi connectivity index (χ1v) is 5.25. The Morgan fingerprint density at radius 2 is 2.00 bits per heavy atom. The van der Waals surface area contributed by atoms with Crippen LogP contribution in [0.25, 0.3) is 0 Å². The summed E-state index contributed by atoms with van der Waals surface area (Å²) >= 11 is 0. The van der Waals surface area contributed by atoms with Crippen molar-refractivity contribution in [2.75, 3.05) is 19.6 Å². The van der Waals surface area contributed by atoms with Crippen LogP contribution in [0.4, 0.5) is 0 Å². The van der Waals surface area contributed by atoms with Crippen molar-refractivity contribution in [1.29, 1.82) is 0 Å². The molecule has 0 spiro atoms. The zero-order chi connectivity index (χ0) is 10.6. The van der Waals surface area contributed by atoms with Crippen LogP contribution in [-0.4, -0.2) is 30.4 Å². The number of likely N-dealkylation sites (tertiary alicyclic amines) is 1. The summed E-state index contributed by atoms with van der Waals surface area (Å²) < 4.78 is 0. The Bertz CT molecular complexity index is 194. The van der Waals surface area contributed by atoms with Crippen LogP contribution in [0.1, 0.15) is 33.1 Å². The van der Waals surface area contributed by atoms with Gasteiger partial charge in [0, 0.05) is 13.0 Å². The van der Waals surface area contributed by atoms with E-state index in [1.165, 1.54) is 12.8 Å². The highest BCUT2D eigenvalue weighted by molar-refractivity contribution is 5.75. The highest BCUT2D eigenvalue weighted by Crippen LogP contribution is 2.29. The van der Waals surface area contributed by atoms with Crippen molar-refractivity contribution in [2.24, 2.45) is 11.3 Å². The third-order valence-corrected chi connectivity index (χ3v) is 3.03. The number of hydrogen-bond donors (Lipinski definition) is 2. The fraction of sp³-hybridized carbons (Fsp3) is 0.900. The number of rotatable bonds is 3. The van der Waals surface area contributed by atoms with Crippen LogP contribution >= 0.6 is 0 Å². The van der Waals surface area contributed by atoms with Gasteiger partial charge in [-0.05, 0) is 31.3 Å². The van der Waals surface area contributed by atoms with Crippen LogP contribution in [0.15, 0.2) is 0 Å². The molecule has 4 nitrogen and oxygen atoms in total. The van der Waals surface area contributed by atoms with E-state index in [-0.39, 0.29) is 5.91 Å². The van der Waals surface area contributed by atoms with E-state index in [1.807, 2.05) is 0 Å². The average molecular weight is 199 g/mol. The molecule has 0 aromatic heterocycles. The number of nitrogens with one attached hydrogen (secondary N) is 1. The molecule has 0 radical (unpaired) electrons. The van der Waals surface area contributed by atoms with Gasteiger partial charge < -0.3 is 4.90 Å². The SMILES string of the molecule is CC1(C)CCN(CCC(=O)NN)CC1. The van der Waals surface area contributed by atoms with Gasteiger partial charge in [-0.15, -0.1) is 0 Å². The second-order valence-corrected chi connectivity index (χ2v) is 4.82. The van der Waals surface area contributed by atoms with Crippen molar-refractivity contribution < 1.29 is 4.79 Å². The molecule has 82 valence electrons. The Morgan fingerprint density at radius 3 is 2.50 bits per heavy atom. The number of hydrogen-bond acceptors (Lipinski definition) is 3. The van der Waals surface area contributed by atoms with Crippen LogP contribution in [0.5, 0.6) is 0 Å². The van der Waals surface area contributed by atoms with Crippen molar-refractivity contribution in [2.45, 2.75) is 33.1 Å². The zero-order valence-corrected chi connectivity index (χ0v) is 9.18. The quantitative estimate of drug-likeness (QED) is 0.395. The molecule has 0 unspecified atom stereocenters. The van der Waals surface area contributed by atoms with Crippen molar-refractivity contribution >= 4 is 5.91 Å². The minimum Gasteiger partial charge on any atom is -0.303 e. The van der Waals surface area contributed by atoms with Gasteiger partial charge >= 0.3 is 0 Å². The standard InChI is InChI=1S/C10H21N3O/c1-10(2)4-7-13(8-5-10)6-3-9(14)12-11/h3-8,11H2,1-2H3,(H,12,14). The number of carbonyl (C=O) groups is 1. The minimum atomic E-state index is -0.0742. The lowest BCUT2D eigenvalue weighted by atomic mass is 9.83. The van der Waals surface area contributed by atoms with E-state index in [1.54, 1.807) is 0 Å². The van der Waals surface area contributed by atoms with Gasteiger partial charge in [-0.25, -0.2) is 5.84 Å². The number of carbonyl (C=O) groups excluding carboxylic acids is 1. The maximum atomic E-state index is 10.9. The molecule has 1 fully saturated rings. The molecule has 1 aliphatic rings. The maximum absolute atomic E-state index is 10.9. The lowest BCUT2D eigenvalue weighted by Gasteiger charge is -2.36. The summed E-state index contributed by atoms with van der Waals surface area (Å²) in [4.78, 5) is 13.3. The highest BCUT2D eigenvalue weighted by Gasteiger charge is 2.25. The third-order valence-electron chi connectivity index (χ3n) is 3.03. The number of nitrogens with two attached hydrogens (primary N) is 1. The molecule has 3 N–H and O–H groups in total. The average Bonchev–Trinajstić information content (AvgIpc) is 2.16. The molecule has 0 aromatic carbocycles. The Kier molecular flexibility index (Phi) is 3.89. The molecule has 0 saturated carbocycles. The molecule has 1 aliphatic heterocycles. The van der Waals surface area contributed by atoms with Gasteiger partial charge in [-0.1, -0.05) is 13.8 Å². The van der Waals surface area contributed by atoms with E-state index >= 15 is 0 Å². The summed E-state index contributed by atoms with van der Waals surface area (Å²) in [7, 11) is 0. The van der Waals surface area contributed by atoms with Crippen molar-refractivity contribution in [3.8, 4) is 0 Å². The molecule has 0 aliphatic carbocycles. The van der Waals surface area contributed by atoms with E-state index in [9.17, 15) is 4.79 Å². The number of hydrazine groups is 1. The van der Waals surface area contributed by atoms with Crippen LogP contribution < -0.4 is 11.3 Å². The lowest BCUT2D eigenvalue weighted by molar-refractivity contribution is -0.121. The van der Waals surface area contributed by atoms with Gasteiger partial charge in [0.1, 0.15) is 0 Å². The fourth-order valence-corrected chi connectivity index (χ4v) is 1.71. The smallest absolute Gasteiger partial charge is 0.235 e.